The minimum atomic E-state index is -0.676. The van der Waals surface area contributed by atoms with Gasteiger partial charge in [-0.05, 0) is 65.9 Å². The highest BCUT2D eigenvalue weighted by Crippen LogP contribution is 2.42. The first-order valence-corrected chi connectivity index (χ1v) is 11.8. The van der Waals surface area contributed by atoms with E-state index < -0.39 is 23.5 Å². The number of nitrogens with one attached hydrogen (secondary N) is 1. The van der Waals surface area contributed by atoms with E-state index in [0.717, 1.165) is 19.3 Å². The fourth-order valence-corrected chi connectivity index (χ4v) is 4.66. The lowest BCUT2D eigenvalue weighted by Crippen LogP contribution is -2.42. The van der Waals surface area contributed by atoms with Gasteiger partial charge in [0.2, 0.25) is 5.91 Å². The van der Waals surface area contributed by atoms with Gasteiger partial charge in [-0.3, -0.25) is 4.79 Å². The van der Waals surface area contributed by atoms with Gasteiger partial charge in [-0.25, -0.2) is 14.0 Å². The van der Waals surface area contributed by atoms with Crippen molar-refractivity contribution in [3.63, 3.8) is 0 Å². The maximum Gasteiger partial charge on any atom is 0.407 e. The van der Waals surface area contributed by atoms with Crippen LogP contribution < -0.4 is 15.1 Å². The van der Waals surface area contributed by atoms with E-state index in [4.69, 9.17) is 9.47 Å². The molecular formula is C25H36FN3O5. The fourth-order valence-electron chi connectivity index (χ4n) is 4.66. The second kappa shape index (κ2) is 9.80. The van der Waals surface area contributed by atoms with Crippen LogP contribution in [0.3, 0.4) is 0 Å². The molecule has 0 bridgehead atoms. The average Bonchev–Trinajstić information content (AvgIpc) is 3.43. The third-order valence-corrected chi connectivity index (χ3v) is 6.35. The Balaban J connectivity index is 1.89. The lowest BCUT2D eigenvalue weighted by molar-refractivity contribution is -0.116. The number of ether oxygens (including phenoxy) is 2. The van der Waals surface area contributed by atoms with E-state index >= 15 is 4.39 Å². The van der Waals surface area contributed by atoms with Crippen LogP contribution in [-0.2, 0) is 14.3 Å². The Morgan fingerprint density at radius 2 is 1.88 bits per heavy atom. The molecule has 2 atom stereocenters. The Hall–Kier alpha value is -2.84. The maximum atomic E-state index is 15.4. The van der Waals surface area contributed by atoms with Gasteiger partial charge in [0.05, 0.1) is 24.0 Å². The lowest BCUT2D eigenvalue weighted by atomic mass is 10.0. The van der Waals surface area contributed by atoms with Crippen molar-refractivity contribution < 1.29 is 28.2 Å². The summed E-state index contributed by atoms with van der Waals surface area (Å²) in [4.78, 5) is 40.7. The molecule has 1 aliphatic carbocycles. The van der Waals surface area contributed by atoms with E-state index in [-0.39, 0.29) is 29.5 Å². The number of anilines is 2. The van der Waals surface area contributed by atoms with Crippen LogP contribution in [0.4, 0.5) is 20.6 Å². The molecule has 188 valence electrons. The molecule has 2 amide bonds. The minimum Gasteiger partial charge on any atom is -0.465 e. The molecule has 9 heteroatoms. The summed E-state index contributed by atoms with van der Waals surface area (Å²) < 4.78 is 25.6. The van der Waals surface area contributed by atoms with Crippen molar-refractivity contribution in [2.24, 2.45) is 5.92 Å². The predicted molar refractivity (Wildman–Crippen MR) is 128 cm³/mol. The number of carbonyl (C=O) groups is 3. The molecule has 1 saturated heterocycles. The molecule has 0 unspecified atom stereocenters. The van der Waals surface area contributed by atoms with Crippen LogP contribution in [-0.4, -0.2) is 55.9 Å². The second-order valence-corrected chi connectivity index (χ2v) is 10.3. The number of nitrogens with zero attached hydrogens (tertiary/aromatic N) is 2. The van der Waals surface area contributed by atoms with Gasteiger partial charge >= 0.3 is 12.1 Å². The molecule has 1 aliphatic heterocycles. The van der Waals surface area contributed by atoms with Gasteiger partial charge in [-0.1, -0.05) is 0 Å². The average molecular weight is 478 g/mol. The number of rotatable bonds is 6. The number of halogens is 1. The highest BCUT2D eigenvalue weighted by Gasteiger charge is 2.38. The molecular weight excluding hydrogens is 441 g/mol. The molecule has 1 aromatic rings. The molecule has 1 saturated carbocycles. The van der Waals surface area contributed by atoms with Crippen LogP contribution in [0.15, 0.2) is 6.07 Å². The molecule has 0 aromatic heterocycles. The second-order valence-electron chi connectivity index (χ2n) is 10.3. The number of alkyl carbamates (subject to hydrolysis) is 1. The smallest absolute Gasteiger partial charge is 0.407 e. The maximum absolute atomic E-state index is 15.4. The van der Waals surface area contributed by atoms with Gasteiger partial charge < -0.3 is 24.6 Å². The highest BCUT2D eigenvalue weighted by molar-refractivity contribution is 6.04. The van der Waals surface area contributed by atoms with Crippen LogP contribution in [0.2, 0.25) is 0 Å². The summed E-state index contributed by atoms with van der Waals surface area (Å²) in [5.74, 6) is -1.32. The standard InChI is InChI=1S/C25H36FN3O5/c1-14-21(29(16(3)30)18-8-9-18)19(23(31)33-7)12-20(26)22(14)28-11-10-17(13-28)15(2)27-24(32)34-25(4,5)6/h12,15,17-18H,8-11,13H2,1-7H3,(H,27,32)/t15-,17+/m0/s1. The van der Waals surface area contributed by atoms with E-state index in [9.17, 15) is 14.4 Å². The van der Waals surface area contributed by atoms with Crippen LogP contribution in [0, 0.1) is 18.7 Å². The largest absolute Gasteiger partial charge is 0.465 e. The number of benzene rings is 1. The third-order valence-electron chi connectivity index (χ3n) is 6.35. The summed E-state index contributed by atoms with van der Waals surface area (Å²) in [6.07, 6.45) is 1.95. The molecule has 2 aliphatic rings. The van der Waals surface area contributed by atoms with Crippen molar-refractivity contribution in [3.05, 3.63) is 23.0 Å². The quantitative estimate of drug-likeness (QED) is 0.619. The zero-order valence-corrected chi connectivity index (χ0v) is 21.2. The third kappa shape index (κ3) is 5.62. The summed E-state index contributed by atoms with van der Waals surface area (Å²) in [6.45, 7) is 11.6. The van der Waals surface area contributed by atoms with Crippen LogP contribution in [0.25, 0.3) is 0 Å². The first-order valence-electron chi connectivity index (χ1n) is 11.8. The molecule has 8 nitrogen and oxygen atoms in total. The normalized spacial score (nSPS) is 18.9. The number of esters is 1. The van der Waals surface area contributed by atoms with Crippen LogP contribution in [0.1, 0.15) is 69.8 Å². The van der Waals surface area contributed by atoms with E-state index in [1.807, 2.05) is 32.6 Å². The monoisotopic (exact) mass is 477 g/mol. The van der Waals surface area contributed by atoms with Crippen molar-refractivity contribution in [2.75, 3.05) is 30.0 Å². The Morgan fingerprint density at radius 3 is 2.41 bits per heavy atom. The first kappa shape index (κ1) is 25.8. The summed E-state index contributed by atoms with van der Waals surface area (Å²) >= 11 is 0. The minimum absolute atomic E-state index is 0.00212. The number of methoxy groups -OCH3 is 1. The Kier molecular flexibility index (Phi) is 7.43. The molecule has 2 fully saturated rings. The number of amides is 2. The van der Waals surface area contributed by atoms with Gasteiger partial charge in [0.1, 0.15) is 11.4 Å². The van der Waals surface area contributed by atoms with Crippen LogP contribution >= 0.6 is 0 Å². The van der Waals surface area contributed by atoms with Gasteiger partial charge in [0.15, 0.2) is 0 Å². The zero-order valence-electron chi connectivity index (χ0n) is 21.2. The van der Waals surface area contributed by atoms with E-state index in [1.54, 1.807) is 11.8 Å². The Labute approximate surface area is 200 Å². The van der Waals surface area contributed by atoms with Crippen molar-refractivity contribution in [2.45, 2.75) is 78.5 Å². The number of carbonyl (C=O) groups excluding carboxylic acids is 3. The Morgan fingerprint density at radius 1 is 1.24 bits per heavy atom. The van der Waals surface area contributed by atoms with Crippen molar-refractivity contribution in [3.8, 4) is 0 Å². The zero-order chi connectivity index (χ0) is 25.4. The molecule has 1 N–H and O–H groups in total. The fraction of sp³-hybridized carbons (Fsp3) is 0.640. The highest BCUT2D eigenvalue weighted by atomic mass is 19.1. The van der Waals surface area contributed by atoms with Crippen molar-refractivity contribution in [1.29, 1.82) is 0 Å². The van der Waals surface area contributed by atoms with Gasteiger partial charge in [0.25, 0.3) is 0 Å². The first-order chi connectivity index (χ1) is 15.8. The topological polar surface area (TPSA) is 88.2 Å². The molecule has 0 radical (unpaired) electrons. The SMILES string of the molecule is COC(=O)c1cc(F)c(N2CC[C@@H]([C@H](C)NC(=O)OC(C)(C)C)C2)c(C)c1N(C(C)=O)C1CC1. The van der Waals surface area contributed by atoms with E-state index in [1.165, 1.54) is 20.1 Å². The van der Waals surface area contributed by atoms with Gasteiger partial charge in [0, 0.05) is 37.7 Å². The van der Waals surface area contributed by atoms with Crippen molar-refractivity contribution in [1.82, 2.24) is 5.32 Å². The van der Waals surface area contributed by atoms with Gasteiger partial charge in [-0.2, -0.15) is 0 Å². The number of hydrogen-bond donors (Lipinski definition) is 1. The lowest BCUT2D eigenvalue weighted by Gasteiger charge is -2.30. The summed E-state index contributed by atoms with van der Waals surface area (Å²) in [5.41, 5.74) is 0.798. The van der Waals surface area contributed by atoms with Gasteiger partial charge in [-0.15, -0.1) is 0 Å². The van der Waals surface area contributed by atoms with E-state index in [2.05, 4.69) is 5.32 Å². The molecule has 1 aromatic carbocycles. The van der Waals surface area contributed by atoms with Crippen molar-refractivity contribution >= 4 is 29.3 Å². The molecule has 34 heavy (non-hydrogen) atoms. The van der Waals surface area contributed by atoms with Crippen LogP contribution in [0.5, 0.6) is 0 Å². The molecule has 3 rings (SSSR count). The summed E-state index contributed by atoms with van der Waals surface area (Å²) in [7, 11) is 1.24. The number of hydrogen-bond acceptors (Lipinski definition) is 6. The predicted octanol–water partition coefficient (Wildman–Crippen LogP) is 4.18. The molecule has 0 spiro atoms. The molecule has 1 heterocycles. The summed E-state index contributed by atoms with van der Waals surface area (Å²) in [6, 6.07) is 1.01. The summed E-state index contributed by atoms with van der Waals surface area (Å²) in [5, 5.41) is 2.88. The van der Waals surface area contributed by atoms with E-state index in [0.29, 0.717) is 30.0 Å². The Bertz CT molecular complexity index is 970.